The van der Waals surface area contributed by atoms with Gasteiger partial charge < -0.3 is 14.8 Å². The third-order valence-electron chi connectivity index (χ3n) is 6.56. The number of nitrogens with zero attached hydrogens (tertiary/aromatic N) is 1. The van der Waals surface area contributed by atoms with Crippen LogP contribution >= 0.6 is 0 Å². The van der Waals surface area contributed by atoms with E-state index < -0.39 is 6.09 Å². The van der Waals surface area contributed by atoms with E-state index >= 15 is 0 Å². The molecule has 0 aromatic heterocycles. The molecule has 0 radical (unpaired) electrons. The normalized spacial score (nSPS) is 14.1. The van der Waals surface area contributed by atoms with Crippen molar-refractivity contribution in [1.29, 1.82) is 5.41 Å². The van der Waals surface area contributed by atoms with Crippen LogP contribution in [0.1, 0.15) is 83.6 Å². The van der Waals surface area contributed by atoms with Gasteiger partial charge in [-0.2, -0.15) is 0 Å². The Hall–Kier alpha value is -2.94. The number of unbranched alkanes of at least 4 members (excludes halogenated alkanes) is 5. The van der Waals surface area contributed by atoms with Gasteiger partial charge in [0.25, 0.3) is 0 Å². The van der Waals surface area contributed by atoms with E-state index in [1.165, 1.54) is 19.3 Å². The fraction of sp³-hybridized carbons (Fsp3) is 0.643. The molecule has 1 saturated heterocycles. The molecule has 1 fully saturated rings. The summed E-state index contributed by atoms with van der Waals surface area (Å²) in [5.41, 5.74) is 1.18. The summed E-state index contributed by atoms with van der Waals surface area (Å²) >= 11 is 0. The van der Waals surface area contributed by atoms with Crippen LogP contribution in [-0.4, -0.2) is 61.6 Å². The maximum Gasteiger partial charge on any atom is 0.412 e. The zero-order valence-electron chi connectivity index (χ0n) is 22.5. The van der Waals surface area contributed by atoms with E-state index in [0.29, 0.717) is 43.3 Å². The number of amides is 2. The third-order valence-corrected chi connectivity index (χ3v) is 6.56. The second-order valence-corrected chi connectivity index (χ2v) is 9.59. The van der Waals surface area contributed by atoms with Gasteiger partial charge in [-0.05, 0) is 75.9 Å². The molecule has 1 aromatic carbocycles. The molecule has 1 aromatic rings. The van der Waals surface area contributed by atoms with Crippen LogP contribution in [0.3, 0.4) is 0 Å². The number of esters is 1. The average Bonchev–Trinajstić information content (AvgIpc) is 2.88. The van der Waals surface area contributed by atoms with Crippen LogP contribution in [0.4, 0.5) is 10.5 Å². The number of nitrogens with one attached hydrogen (secondary N) is 3. The lowest BCUT2D eigenvalue weighted by Gasteiger charge is -2.31. The number of piperidine rings is 1. The number of ether oxygens (including phenoxy) is 2. The van der Waals surface area contributed by atoms with Gasteiger partial charge in [-0.15, -0.1) is 0 Å². The van der Waals surface area contributed by atoms with Gasteiger partial charge in [-0.25, -0.2) is 4.79 Å². The largest absolute Gasteiger partial charge is 0.465 e. The summed E-state index contributed by atoms with van der Waals surface area (Å²) in [6.07, 6.45) is 9.23. The number of benzene rings is 1. The second-order valence-electron chi connectivity index (χ2n) is 9.59. The highest BCUT2D eigenvalue weighted by molar-refractivity contribution is 6.04. The number of amidine groups is 1. The van der Waals surface area contributed by atoms with Crippen molar-refractivity contribution >= 4 is 29.5 Å². The highest BCUT2D eigenvalue weighted by Crippen LogP contribution is 2.22. The monoisotopic (exact) mass is 516 g/mol. The van der Waals surface area contributed by atoms with E-state index in [0.717, 1.165) is 51.6 Å². The van der Waals surface area contributed by atoms with E-state index in [2.05, 4.69) is 22.5 Å². The number of alkyl carbamates (subject to hydrolysis) is 1. The Morgan fingerprint density at radius 2 is 1.65 bits per heavy atom. The summed E-state index contributed by atoms with van der Waals surface area (Å²) in [6, 6.07) is 6.81. The van der Waals surface area contributed by atoms with Gasteiger partial charge in [0.15, 0.2) is 0 Å². The quantitative estimate of drug-likeness (QED) is 0.129. The van der Waals surface area contributed by atoms with Crippen molar-refractivity contribution in [2.45, 2.75) is 78.1 Å². The van der Waals surface area contributed by atoms with Crippen LogP contribution in [0.2, 0.25) is 0 Å². The molecule has 1 heterocycles. The molecule has 206 valence electrons. The van der Waals surface area contributed by atoms with E-state index in [4.69, 9.17) is 14.9 Å². The topological polar surface area (TPSA) is 121 Å². The highest BCUT2D eigenvalue weighted by atomic mass is 16.5. The minimum Gasteiger partial charge on any atom is -0.465 e. The Morgan fingerprint density at radius 3 is 2.32 bits per heavy atom. The Balaban J connectivity index is 1.62. The molecule has 0 atom stereocenters. The first kappa shape index (κ1) is 30.3. The Kier molecular flexibility index (Phi) is 14.3. The lowest BCUT2D eigenvalue weighted by Crippen LogP contribution is -2.38. The number of anilines is 1. The SMILES string of the molecule is CCCCCCCCOC(=O)NC(=N)c1ccc(NC(=O)CCC2CCN(CC(=O)OCC)CC2)cc1. The van der Waals surface area contributed by atoms with Crippen LogP contribution in [0.5, 0.6) is 0 Å². The lowest BCUT2D eigenvalue weighted by molar-refractivity contribution is -0.144. The van der Waals surface area contributed by atoms with E-state index in [9.17, 15) is 14.4 Å². The molecule has 1 aliphatic heterocycles. The van der Waals surface area contributed by atoms with Gasteiger partial charge in [0.05, 0.1) is 19.8 Å². The van der Waals surface area contributed by atoms with Gasteiger partial charge in [-0.1, -0.05) is 39.0 Å². The van der Waals surface area contributed by atoms with E-state index in [1.54, 1.807) is 24.3 Å². The summed E-state index contributed by atoms with van der Waals surface area (Å²) in [7, 11) is 0. The molecular weight excluding hydrogens is 472 g/mol. The van der Waals surface area contributed by atoms with Crippen LogP contribution < -0.4 is 10.6 Å². The van der Waals surface area contributed by atoms with E-state index in [-0.39, 0.29) is 17.7 Å². The predicted octanol–water partition coefficient (Wildman–Crippen LogP) is 5.09. The minimum absolute atomic E-state index is 0.0416. The molecule has 3 N–H and O–H groups in total. The number of hydrogen-bond acceptors (Lipinski definition) is 7. The summed E-state index contributed by atoms with van der Waals surface area (Å²) in [6.45, 7) is 6.77. The number of carbonyl (C=O) groups excluding carboxylic acids is 3. The highest BCUT2D eigenvalue weighted by Gasteiger charge is 2.21. The summed E-state index contributed by atoms with van der Waals surface area (Å²) in [4.78, 5) is 38.0. The van der Waals surface area contributed by atoms with Crippen molar-refractivity contribution in [3.8, 4) is 0 Å². The van der Waals surface area contributed by atoms with E-state index in [1.807, 2.05) is 6.92 Å². The fourth-order valence-electron chi connectivity index (χ4n) is 4.36. The van der Waals surface area contributed by atoms with Crippen LogP contribution in [0, 0.1) is 11.3 Å². The van der Waals surface area contributed by atoms with Gasteiger partial charge >= 0.3 is 12.1 Å². The zero-order valence-corrected chi connectivity index (χ0v) is 22.5. The third kappa shape index (κ3) is 12.7. The first-order valence-corrected chi connectivity index (χ1v) is 13.7. The molecular formula is C28H44N4O5. The van der Waals surface area contributed by atoms with Crippen LogP contribution in [0.25, 0.3) is 0 Å². The van der Waals surface area contributed by atoms with Crippen LogP contribution in [0.15, 0.2) is 24.3 Å². The summed E-state index contributed by atoms with van der Waals surface area (Å²) in [5, 5.41) is 13.4. The summed E-state index contributed by atoms with van der Waals surface area (Å²) < 4.78 is 10.2. The van der Waals surface area contributed by atoms with Gasteiger partial charge in [-0.3, -0.25) is 25.2 Å². The molecule has 1 aliphatic rings. The molecule has 2 rings (SSSR count). The number of hydrogen-bond donors (Lipinski definition) is 3. The van der Waals surface area contributed by atoms with Gasteiger partial charge in [0.2, 0.25) is 5.91 Å². The lowest BCUT2D eigenvalue weighted by atomic mass is 9.92. The maximum absolute atomic E-state index is 12.4. The zero-order chi connectivity index (χ0) is 26.9. The number of rotatable bonds is 15. The first-order valence-electron chi connectivity index (χ1n) is 13.7. The fourth-order valence-corrected chi connectivity index (χ4v) is 4.36. The smallest absolute Gasteiger partial charge is 0.412 e. The molecule has 0 unspecified atom stereocenters. The van der Waals surface area contributed by atoms with Crippen molar-refractivity contribution in [3.05, 3.63) is 29.8 Å². The van der Waals surface area contributed by atoms with Crippen molar-refractivity contribution in [3.63, 3.8) is 0 Å². The molecule has 37 heavy (non-hydrogen) atoms. The molecule has 2 amide bonds. The Morgan fingerprint density at radius 1 is 0.973 bits per heavy atom. The minimum atomic E-state index is -0.623. The second kappa shape index (κ2) is 17.5. The number of carbonyl (C=O) groups is 3. The average molecular weight is 517 g/mol. The predicted molar refractivity (Wildman–Crippen MR) is 145 cm³/mol. The van der Waals surface area contributed by atoms with Gasteiger partial charge in [0, 0.05) is 17.7 Å². The van der Waals surface area contributed by atoms with Crippen molar-refractivity contribution < 1.29 is 23.9 Å². The van der Waals surface area contributed by atoms with Crippen molar-refractivity contribution in [1.82, 2.24) is 10.2 Å². The standard InChI is InChI=1S/C28H44N4O5/c1-3-5-6-7-8-9-20-37-28(35)31-27(29)23-11-13-24(14-12-23)30-25(33)15-10-22-16-18-32(19-17-22)21-26(34)36-4-2/h11-14,22H,3-10,15-21H2,1-2H3,(H,30,33)(H2,29,31,35). The molecule has 0 aliphatic carbocycles. The molecule has 9 heteroatoms. The number of likely N-dealkylation sites (tertiary alicyclic amines) is 1. The van der Waals surface area contributed by atoms with Crippen LogP contribution in [-0.2, 0) is 19.1 Å². The molecule has 0 bridgehead atoms. The molecule has 0 spiro atoms. The molecule has 9 nitrogen and oxygen atoms in total. The Labute approximate surface area is 221 Å². The molecule has 0 saturated carbocycles. The van der Waals surface area contributed by atoms with Gasteiger partial charge in [0.1, 0.15) is 5.84 Å². The Bertz CT molecular complexity index is 851. The maximum atomic E-state index is 12.4. The van der Waals surface area contributed by atoms with Crippen molar-refractivity contribution in [2.75, 3.05) is 38.2 Å². The first-order chi connectivity index (χ1) is 17.9. The van der Waals surface area contributed by atoms with Crippen molar-refractivity contribution in [2.24, 2.45) is 5.92 Å². The summed E-state index contributed by atoms with van der Waals surface area (Å²) in [5.74, 6) is 0.202.